The largest absolute Gasteiger partial charge is 0.343 e. The molecule has 1 fully saturated rings. The van der Waals surface area contributed by atoms with E-state index in [0.29, 0.717) is 35.3 Å². The van der Waals surface area contributed by atoms with Gasteiger partial charge in [-0.05, 0) is 31.7 Å². The Bertz CT molecular complexity index is 845. The summed E-state index contributed by atoms with van der Waals surface area (Å²) >= 11 is 1.52. The van der Waals surface area contributed by atoms with E-state index in [1.165, 1.54) is 36.6 Å². The number of carbonyl (C=O) groups excluding carboxylic acids is 1. The van der Waals surface area contributed by atoms with Crippen LogP contribution < -0.4 is 5.56 Å². The summed E-state index contributed by atoms with van der Waals surface area (Å²) in [6.45, 7) is 1.85. The summed E-state index contributed by atoms with van der Waals surface area (Å²) in [6, 6.07) is 10.5. The third-order valence-electron chi connectivity index (χ3n) is 5.52. The molecule has 0 aliphatic heterocycles. The van der Waals surface area contributed by atoms with Crippen LogP contribution in [-0.4, -0.2) is 33.9 Å². The zero-order chi connectivity index (χ0) is 19.9. The van der Waals surface area contributed by atoms with Crippen molar-refractivity contribution in [3.8, 4) is 0 Å². The highest BCUT2D eigenvalue weighted by atomic mass is 32.2. The molecule has 0 unspecified atom stereocenters. The molecule has 0 spiro atoms. The minimum Gasteiger partial charge on any atom is -0.343 e. The van der Waals surface area contributed by atoms with Crippen molar-refractivity contribution >= 4 is 17.7 Å². The predicted molar refractivity (Wildman–Crippen MR) is 114 cm³/mol. The van der Waals surface area contributed by atoms with Gasteiger partial charge in [-0.15, -0.1) is 0 Å². The number of carbonyl (C=O) groups is 1. The normalized spacial score (nSPS) is 14.8. The van der Waals surface area contributed by atoms with Crippen LogP contribution >= 0.6 is 11.8 Å². The van der Waals surface area contributed by atoms with E-state index in [0.717, 1.165) is 18.6 Å². The number of amides is 1. The minimum atomic E-state index is -0.129. The molecule has 1 heterocycles. The Morgan fingerprint density at radius 1 is 1.21 bits per heavy atom. The fourth-order valence-electron chi connectivity index (χ4n) is 3.75. The number of hydrogen-bond donors (Lipinski definition) is 1. The maximum absolute atomic E-state index is 12.6. The van der Waals surface area contributed by atoms with Crippen molar-refractivity contribution in [1.29, 1.82) is 0 Å². The number of aryl methyl sites for hydroxylation is 1. The van der Waals surface area contributed by atoms with Gasteiger partial charge in [-0.1, -0.05) is 61.4 Å². The molecule has 0 atom stereocenters. The van der Waals surface area contributed by atoms with Crippen LogP contribution in [0.25, 0.3) is 0 Å². The van der Waals surface area contributed by atoms with Gasteiger partial charge in [-0.3, -0.25) is 9.59 Å². The lowest BCUT2D eigenvalue weighted by Gasteiger charge is -2.31. The molecule has 0 radical (unpaired) electrons. The summed E-state index contributed by atoms with van der Waals surface area (Å²) < 4.78 is 0. The van der Waals surface area contributed by atoms with Gasteiger partial charge in [0, 0.05) is 36.5 Å². The lowest BCUT2D eigenvalue weighted by Crippen LogP contribution is -2.38. The average Bonchev–Trinajstić information content (AvgIpc) is 2.72. The third kappa shape index (κ3) is 5.47. The van der Waals surface area contributed by atoms with E-state index >= 15 is 0 Å². The van der Waals surface area contributed by atoms with Gasteiger partial charge in [0.15, 0.2) is 5.16 Å². The molecule has 1 aliphatic carbocycles. The molecular formula is C22H29N3O2S. The number of aromatic amines is 1. The number of H-pyrrole nitrogens is 1. The second-order valence-electron chi connectivity index (χ2n) is 7.51. The van der Waals surface area contributed by atoms with Crippen LogP contribution in [0.2, 0.25) is 0 Å². The van der Waals surface area contributed by atoms with Crippen LogP contribution in [-0.2, 0) is 17.0 Å². The molecule has 0 bridgehead atoms. The third-order valence-corrected chi connectivity index (χ3v) is 6.47. The monoisotopic (exact) mass is 399 g/mol. The van der Waals surface area contributed by atoms with Crippen LogP contribution in [0.5, 0.6) is 0 Å². The van der Waals surface area contributed by atoms with E-state index in [2.05, 4.69) is 22.1 Å². The summed E-state index contributed by atoms with van der Waals surface area (Å²) in [5.74, 6) is 0.876. The van der Waals surface area contributed by atoms with Crippen molar-refractivity contribution in [3.05, 3.63) is 57.5 Å². The highest BCUT2D eigenvalue weighted by Crippen LogP contribution is 2.22. The maximum atomic E-state index is 12.6. The van der Waals surface area contributed by atoms with E-state index in [4.69, 9.17) is 0 Å². The molecule has 150 valence electrons. The van der Waals surface area contributed by atoms with E-state index in [-0.39, 0.29) is 11.5 Å². The second-order valence-corrected chi connectivity index (χ2v) is 8.47. The van der Waals surface area contributed by atoms with Crippen LogP contribution in [0.15, 0.2) is 40.3 Å². The number of thioether (sulfide) groups is 1. The molecule has 3 rings (SSSR count). The zero-order valence-electron chi connectivity index (χ0n) is 16.7. The van der Waals surface area contributed by atoms with Gasteiger partial charge < -0.3 is 9.88 Å². The Kier molecular flexibility index (Phi) is 7.31. The van der Waals surface area contributed by atoms with Crippen LogP contribution in [0.4, 0.5) is 0 Å². The van der Waals surface area contributed by atoms with Gasteiger partial charge in [-0.2, -0.15) is 0 Å². The van der Waals surface area contributed by atoms with E-state index in [1.54, 1.807) is 0 Å². The van der Waals surface area contributed by atoms with E-state index in [1.807, 2.05) is 37.1 Å². The molecule has 5 nitrogen and oxygen atoms in total. The quantitative estimate of drug-likeness (QED) is 0.562. The van der Waals surface area contributed by atoms with Gasteiger partial charge in [0.25, 0.3) is 5.56 Å². The number of nitrogens with one attached hydrogen (secondary N) is 1. The summed E-state index contributed by atoms with van der Waals surface area (Å²) in [4.78, 5) is 34.4. The van der Waals surface area contributed by atoms with Gasteiger partial charge in [0.05, 0.1) is 0 Å². The Balaban J connectivity index is 1.58. The molecule has 1 aromatic carbocycles. The maximum Gasteiger partial charge on any atom is 0.254 e. The molecular weight excluding hydrogens is 370 g/mol. The van der Waals surface area contributed by atoms with Crippen molar-refractivity contribution in [1.82, 2.24) is 14.9 Å². The van der Waals surface area contributed by atoms with Gasteiger partial charge >= 0.3 is 0 Å². The molecule has 1 aliphatic rings. The number of nitrogens with zero attached hydrogens (tertiary/aromatic N) is 2. The molecule has 6 heteroatoms. The first-order valence-electron chi connectivity index (χ1n) is 10.1. The van der Waals surface area contributed by atoms with Crippen molar-refractivity contribution in [2.45, 2.75) is 68.8 Å². The Labute approximate surface area is 171 Å². The van der Waals surface area contributed by atoms with Gasteiger partial charge in [-0.25, -0.2) is 4.98 Å². The molecule has 1 amide bonds. The van der Waals surface area contributed by atoms with Crippen molar-refractivity contribution < 1.29 is 4.79 Å². The summed E-state index contributed by atoms with van der Waals surface area (Å²) in [6.07, 6.45) is 6.66. The molecule has 2 aromatic rings. The van der Waals surface area contributed by atoms with Crippen molar-refractivity contribution in [2.75, 3.05) is 7.05 Å². The molecule has 0 saturated heterocycles. The number of hydrogen-bond acceptors (Lipinski definition) is 4. The smallest absolute Gasteiger partial charge is 0.254 e. The lowest BCUT2D eigenvalue weighted by atomic mass is 9.94. The van der Waals surface area contributed by atoms with Crippen LogP contribution in [0, 0.1) is 6.92 Å². The lowest BCUT2D eigenvalue weighted by molar-refractivity contribution is -0.132. The fraction of sp³-hybridized carbons (Fsp3) is 0.500. The summed E-state index contributed by atoms with van der Waals surface area (Å²) in [5, 5.41) is 0.626. The van der Waals surface area contributed by atoms with Crippen LogP contribution in [0.1, 0.15) is 55.3 Å². The second kappa shape index (κ2) is 9.92. The Hall–Kier alpha value is -2.08. The SMILES string of the molecule is Cc1nc(SCc2ccccc2)[nH]c(=O)c1CCC(=O)N(C)C1CCCCC1. The number of rotatable bonds is 7. The topological polar surface area (TPSA) is 66.1 Å². The van der Waals surface area contributed by atoms with E-state index < -0.39 is 0 Å². The standard InChI is InChI=1S/C22H29N3O2S/c1-16-19(13-14-20(26)25(2)18-11-7-4-8-12-18)21(27)24-22(23-16)28-15-17-9-5-3-6-10-17/h3,5-6,9-10,18H,4,7-8,11-15H2,1-2H3,(H,23,24,27). The first-order valence-corrected chi connectivity index (χ1v) is 11.1. The Morgan fingerprint density at radius 3 is 2.61 bits per heavy atom. The first kappa shape index (κ1) is 20.6. The molecule has 1 N–H and O–H groups in total. The highest BCUT2D eigenvalue weighted by molar-refractivity contribution is 7.98. The fourth-order valence-corrected chi connectivity index (χ4v) is 4.62. The molecule has 1 aromatic heterocycles. The summed E-state index contributed by atoms with van der Waals surface area (Å²) in [5.41, 5.74) is 2.39. The highest BCUT2D eigenvalue weighted by Gasteiger charge is 2.22. The van der Waals surface area contributed by atoms with Crippen LogP contribution in [0.3, 0.4) is 0 Å². The minimum absolute atomic E-state index is 0.119. The van der Waals surface area contributed by atoms with E-state index in [9.17, 15) is 9.59 Å². The zero-order valence-corrected chi connectivity index (χ0v) is 17.6. The molecule has 1 saturated carbocycles. The number of benzene rings is 1. The predicted octanol–water partition coefficient (Wildman–Crippen LogP) is 4.09. The average molecular weight is 400 g/mol. The molecule has 28 heavy (non-hydrogen) atoms. The summed E-state index contributed by atoms with van der Waals surface area (Å²) in [7, 11) is 1.90. The van der Waals surface area contributed by atoms with Gasteiger partial charge in [0.2, 0.25) is 5.91 Å². The van der Waals surface area contributed by atoms with Crippen molar-refractivity contribution in [2.24, 2.45) is 0 Å². The first-order chi connectivity index (χ1) is 13.5. The Morgan fingerprint density at radius 2 is 1.93 bits per heavy atom. The van der Waals surface area contributed by atoms with Crippen molar-refractivity contribution in [3.63, 3.8) is 0 Å². The number of aromatic nitrogens is 2. The van der Waals surface area contributed by atoms with Gasteiger partial charge in [0.1, 0.15) is 0 Å².